The van der Waals surface area contributed by atoms with Crippen LogP contribution in [0.3, 0.4) is 0 Å². The average molecular weight is 321 g/mol. The van der Waals surface area contributed by atoms with E-state index < -0.39 is 0 Å². The zero-order valence-corrected chi connectivity index (χ0v) is 14.3. The number of methoxy groups -OCH3 is 1. The molecule has 2 rings (SSSR count). The van der Waals surface area contributed by atoms with Gasteiger partial charge in [0.2, 0.25) is 0 Å². The summed E-state index contributed by atoms with van der Waals surface area (Å²) in [4.78, 5) is 14.5. The molecule has 0 bridgehead atoms. The van der Waals surface area contributed by atoms with Crippen molar-refractivity contribution in [2.24, 2.45) is 5.92 Å². The molecule has 0 amide bonds. The molecule has 5 nitrogen and oxygen atoms in total. The third kappa shape index (κ3) is 5.94. The number of ether oxygens (including phenoxy) is 3. The molecule has 1 fully saturated rings. The summed E-state index contributed by atoms with van der Waals surface area (Å²) in [5.41, 5.74) is 1.51. The Morgan fingerprint density at radius 3 is 3.00 bits per heavy atom. The lowest BCUT2D eigenvalue weighted by Crippen LogP contribution is -2.45. The molecule has 0 radical (unpaired) electrons. The number of hydrogen-bond acceptors (Lipinski definition) is 5. The number of carbonyl (C=O) groups is 1. The molecule has 1 aliphatic rings. The molecule has 0 spiro atoms. The van der Waals surface area contributed by atoms with Crippen molar-refractivity contribution in [2.45, 2.75) is 26.6 Å². The number of carbonyl (C=O) groups excluding carboxylic acids is 1. The molecular weight excluding hydrogens is 294 g/mol. The lowest BCUT2D eigenvalue weighted by molar-refractivity contribution is -0.0612. The van der Waals surface area contributed by atoms with Crippen LogP contribution in [-0.2, 0) is 20.8 Å². The minimum absolute atomic E-state index is 0.0476. The fraction of sp³-hybridized carbons (Fsp3) is 0.611. The Bertz CT molecular complexity index is 504. The maximum absolute atomic E-state index is 12.2. The van der Waals surface area contributed by atoms with E-state index in [2.05, 4.69) is 18.7 Å². The van der Waals surface area contributed by atoms with Crippen molar-refractivity contribution in [3.63, 3.8) is 0 Å². The van der Waals surface area contributed by atoms with Gasteiger partial charge in [-0.15, -0.1) is 0 Å². The summed E-state index contributed by atoms with van der Waals surface area (Å²) in [6.07, 6.45) is -0.0476. The summed E-state index contributed by atoms with van der Waals surface area (Å²) >= 11 is 0. The predicted molar refractivity (Wildman–Crippen MR) is 88.5 cm³/mol. The topological polar surface area (TPSA) is 48.0 Å². The summed E-state index contributed by atoms with van der Waals surface area (Å²) in [5, 5.41) is 0. The van der Waals surface area contributed by atoms with Crippen LogP contribution in [0.5, 0.6) is 0 Å². The van der Waals surface area contributed by atoms with Crippen molar-refractivity contribution < 1.29 is 19.0 Å². The zero-order chi connectivity index (χ0) is 16.7. The highest BCUT2D eigenvalue weighted by molar-refractivity contribution is 5.89. The number of morpholine rings is 1. The molecule has 0 saturated carbocycles. The predicted octanol–water partition coefficient (Wildman–Crippen LogP) is 2.35. The standard InChI is InChI=1S/C18H27NO4/c1-14(2)10-19-7-8-22-17(11-19)13-23-18(20)16-6-4-5-15(9-16)12-21-3/h4-6,9,14,17H,7-8,10-13H2,1-3H3. The summed E-state index contributed by atoms with van der Waals surface area (Å²) in [6.45, 7) is 8.69. The third-order valence-electron chi connectivity index (χ3n) is 3.72. The van der Waals surface area contributed by atoms with E-state index in [1.54, 1.807) is 19.2 Å². The van der Waals surface area contributed by atoms with Gasteiger partial charge < -0.3 is 14.2 Å². The zero-order valence-electron chi connectivity index (χ0n) is 14.3. The molecule has 1 unspecified atom stereocenters. The number of hydrogen-bond donors (Lipinski definition) is 0. The van der Waals surface area contributed by atoms with Gasteiger partial charge in [0.05, 0.1) is 18.8 Å². The molecule has 1 heterocycles. The van der Waals surface area contributed by atoms with E-state index in [-0.39, 0.29) is 12.1 Å². The molecule has 23 heavy (non-hydrogen) atoms. The normalized spacial score (nSPS) is 19.0. The minimum atomic E-state index is -0.312. The number of rotatable bonds is 7. The van der Waals surface area contributed by atoms with Crippen molar-refractivity contribution in [1.29, 1.82) is 0 Å². The Labute approximate surface area is 138 Å². The van der Waals surface area contributed by atoms with Gasteiger partial charge in [-0.1, -0.05) is 26.0 Å². The Hall–Kier alpha value is -1.43. The minimum Gasteiger partial charge on any atom is -0.459 e. The van der Waals surface area contributed by atoms with E-state index in [9.17, 15) is 4.79 Å². The third-order valence-corrected chi connectivity index (χ3v) is 3.72. The molecule has 0 aromatic heterocycles. The van der Waals surface area contributed by atoms with Gasteiger partial charge in [-0.2, -0.15) is 0 Å². The van der Waals surface area contributed by atoms with Gasteiger partial charge >= 0.3 is 5.97 Å². The molecule has 5 heteroatoms. The summed E-state index contributed by atoms with van der Waals surface area (Å²) < 4.78 is 16.2. The summed E-state index contributed by atoms with van der Waals surface area (Å²) in [5.74, 6) is 0.312. The average Bonchev–Trinajstić information content (AvgIpc) is 2.53. The van der Waals surface area contributed by atoms with Crippen LogP contribution in [0, 0.1) is 5.92 Å². The second-order valence-corrected chi connectivity index (χ2v) is 6.38. The Kier molecular flexibility index (Phi) is 7.02. The first kappa shape index (κ1) is 17.9. The van der Waals surface area contributed by atoms with E-state index in [1.807, 2.05) is 12.1 Å². The molecule has 1 aromatic carbocycles. The largest absolute Gasteiger partial charge is 0.459 e. The van der Waals surface area contributed by atoms with Crippen molar-refractivity contribution in [3.05, 3.63) is 35.4 Å². The molecule has 1 aromatic rings. The fourth-order valence-corrected chi connectivity index (χ4v) is 2.77. The molecular formula is C18H27NO4. The van der Waals surface area contributed by atoms with Crippen LogP contribution >= 0.6 is 0 Å². The number of benzene rings is 1. The lowest BCUT2D eigenvalue weighted by Gasteiger charge is -2.33. The molecule has 0 N–H and O–H groups in total. The van der Waals surface area contributed by atoms with E-state index in [4.69, 9.17) is 14.2 Å². The van der Waals surface area contributed by atoms with Gasteiger partial charge in [0.1, 0.15) is 12.7 Å². The number of nitrogens with zero attached hydrogens (tertiary/aromatic N) is 1. The fourth-order valence-electron chi connectivity index (χ4n) is 2.77. The van der Waals surface area contributed by atoms with Gasteiger partial charge in [0, 0.05) is 26.7 Å². The lowest BCUT2D eigenvalue weighted by atomic mass is 10.1. The van der Waals surface area contributed by atoms with Crippen LogP contribution in [0.1, 0.15) is 29.8 Å². The highest BCUT2D eigenvalue weighted by Gasteiger charge is 2.22. The Balaban J connectivity index is 1.82. The van der Waals surface area contributed by atoms with Crippen LogP contribution in [0.4, 0.5) is 0 Å². The Morgan fingerprint density at radius 2 is 2.26 bits per heavy atom. The smallest absolute Gasteiger partial charge is 0.338 e. The van der Waals surface area contributed by atoms with Crippen LogP contribution < -0.4 is 0 Å². The maximum Gasteiger partial charge on any atom is 0.338 e. The summed E-state index contributed by atoms with van der Waals surface area (Å²) in [7, 11) is 1.63. The quantitative estimate of drug-likeness (QED) is 0.722. The van der Waals surface area contributed by atoms with E-state index >= 15 is 0 Å². The van der Waals surface area contributed by atoms with Crippen molar-refractivity contribution in [1.82, 2.24) is 4.90 Å². The van der Waals surface area contributed by atoms with Gasteiger partial charge in [-0.05, 0) is 23.6 Å². The van der Waals surface area contributed by atoms with Crippen LogP contribution in [0.25, 0.3) is 0 Å². The molecule has 1 saturated heterocycles. The molecule has 1 atom stereocenters. The molecule has 1 aliphatic heterocycles. The number of esters is 1. The van der Waals surface area contributed by atoms with E-state index in [0.29, 0.717) is 31.3 Å². The SMILES string of the molecule is COCc1cccc(C(=O)OCC2CN(CC(C)C)CCO2)c1. The van der Waals surface area contributed by atoms with E-state index in [1.165, 1.54) is 0 Å². The second kappa shape index (κ2) is 9.01. The van der Waals surface area contributed by atoms with Crippen LogP contribution in [-0.4, -0.2) is 56.9 Å². The van der Waals surface area contributed by atoms with Gasteiger partial charge in [0.15, 0.2) is 0 Å². The highest BCUT2D eigenvalue weighted by atomic mass is 16.6. The van der Waals surface area contributed by atoms with Gasteiger partial charge in [-0.3, -0.25) is 4.90 Å². The van der Waals surface area contributed by atoms with Crippen LogP contribution in [0.2, 0.25) is 0 Å². The highest BCUT2D eigenvalue weighted by Crippen LogP contribution is 2.11. The molecule has 128 valence electrons. The Morgan fingerprint density at radius 1 is 1.43 bits per heavy atom. The second-order valence-electron chi connectivity index (χ2n) is 6.38. The van der Waals surface area contributed by atoms with Crippen molar-refractivity contribution in [3.8, 4) is 0 Å². The summed E-state index contributed by atoms with van der Waals surface area (Å²) in [6, 6.07) is 7.33. The first-order valence-corrected chi connectivity index (χ1v) is 8.17. The monoisotopic (exact) mass is 321 g/mol. The van der Waals surface area contributed by atoms with Gasteiger partial charge in [-0.25, -0.2) is 4.79 Å². The van der Waals surface area contributed by atoms with Crippen LogP contribution in [0.15, 0.2) is 24.3 Å². The first-order valence-electron chi connectivity index (χ1n) is 8.17. The van der Waals surface area contributed by atoms with Crippen molar-refractivity contribution >= 4 is 5.97 Å². The van der Waals surface area contributed by atoms with Gasteiger partial charge in [0.25, 0.3) is 0 Å². The maximum atomic E-state index is 12.2. The van der Waals surface area contributed by atoms with E-state index in [0.717, 1.165) is 25.2 Å². The van der Waals surface area contributed by atoms with Crippen molar-refractivity contribution in [2.75, 3.05) is 40.0 Å². The first-order chi connectivity index (χ1) is 11.1. The molecule has 0 aliphatic carbocycles.